The number of ether oxygens (including phenoxy) is 1. The van der Waals surface area contributed by atoms with Crippen molar-refractivity contribution in [2.75, 3.05) is 13.7 Å². The number of aromatic nitrogens is 1. The average molecular weight is 355 g/mol. The summed E-state index contributed by atoms with van der Waals surface area (Å²) in [6, 6.07) is 0. The molecular formula is C17H23ClN2O2S. The molecule has 0 aromatic carbocycles. The highest BCUT2D eigenvalue weighted by Crippen LogP contribution is 2.63. The van der Waals surface area contributed by atoms with E-state index >= 15 is 0 Å². The van der Waals surface area contributed by atoms with Crippen LogP contribution in [0, 0.1) is 17.3 Å². The molecule has 1 aromatic heterocycles. The summed E-state index contributed by atoms with van der Waals surface area (Å²) in [5.41, 5.74) is 0.722. The third-order valence-corrected chi connectivity index (χ3v) is 7.05. The molecule has 1 N–H and O–H groups in total. The number of nitrogens with zero attached hydrogens (tertiary/aromatic N) is 1. The molecule has 5 rings (SSSR count). The maximum Gasteiger partial charge on any atom is 0.270 e. The summed E-state index contributed by atoms with van der Waals surface area (Å²) in [5, 5.41) is 5.79. The smallest absolute Gasteiger partial charge is 0.270 e. The van der Waals surface area contributed by atoms with Gasteiger partial charge in [0, 0.05) is 23.9 Å². The molecule has 23 heavy (non-hydrogen) atoms. The fourth-order valence-electron chi connectivity index (χ4n) is 5.51. The van der Waals surface area contributed by atoms with Gasteiger partial charge in [0.2, 0.25) is 0 Å². The van der Waals surface area contributed by atoms with E-state index in [1.54, 1.807) is 7.11 Å². The molecule has 4 saturated carbocycles. The Morgan fingerprint density at radius 3 is 2.83 bits per heavy atom. The molecule has 4 bridgehead atoms. The van der Waals surface area contributed by atoms with Gasteiger partial charge in [0.25, 0.3) is 5.91 Å². The number of carbonyl (C=O) groups is 1. The van der Waals surface area contributed by atoms with E-state index in [9.17, 15) is 4.79 Å². The van der Waals surface area contributed by atoms with Crippen LogP contribution in [0.2, 0.25) is 0 Å². The first-order valence-electron chi connectivity index (χ1n) is 8.40. The van der Waals surface area contributed by atoms with Crippen LogP contribution in [0.3, 0.4) is 0 Å². The zero-order valence-electron chi connectivity index (χ0n) is 13.4. The summed E-state index contributed by atoms with van der Waals surface area (Å²) >= 11 is 8.32. The van der Waals surface area contributed by atoms with Crippen LogP contribution in [0.4, 0.5) is 0 Å². The summed E-state index contributed by atoms with van der Waals surface area (Å²) in [6.45, 7) is 1.20. The van der Waals surface area contributed by atoms with Crippen molar-refractivity contribution >= 4 is 28.8 Å². The summed E-state index contributed by atoms with van der Waals surface area (Å²) in [7, 11) is 1.64. The lowest BCUT2D eigenvalue weighted by Gasteiger charge is -2.60. The van der Waals surface area contributed by atoms with Gasteiger partial charge in [-0.15, -0.1) is 22.9 Å². The van der Waals surface area contributed by atoms with E-state index in [4.69, 9.17) is 16.3 Å². The first-order valence-corrected chi connectivity index (χ1v) is 9.65. The zero-order valence-corrected chi connectivity index (χ0v) is 15.0. The average Bonchev–Trinajstić information content (AvgIpc) is 2.91. The van der Waals surface area contributed by atoms with Crippen LogP contribution in [0.1, 0.15) is 54.0 Å². The predicted octanol–water partition coefficient (Wildman–Crippen LogP) is 3.60. The van der Waals surface area contributed by atoms with E-state index in [2.05, 4.69) is 10.3 Å². The molecule has 4 aliphatic carbocycles. The number of halogens is 1. The van der Waals surface area contributed by atoms with Crippen molar-refractivity contribution in [2.45, 2.75) is 50.0 Å². The normalized spacial score (nSPS) is 38.0. The van der Waals surface area contributed by atoms with Gasteiger partial charge in [-0.05, 0) is 55.8 Å². The first kappa shape index (κ1) is 15.9. The van der Waals surface area contributed by atoms with Crippen LogP contribution in [0.25, 0.3) is 0 Å². The Labute approximate surface area is 146 Å². The van der Waals surface area contributed by atoms with E-state index in [1.165, 1.54) is 43.4 Å². The van der Waals surface area contributed by atoms with Gasteiger partial charge in [-0.2, -0.15) is 0 Å². The molecule has 0 unspecified atom stereocenters. The molecule has 0 saturated heterocycles. The summed E-state index contributed by atoms with van der Waals surface area (Å²) < 4.78 is 5.06. The van der Waals surface area contributed by atoms with Crippen LogP contribution < -0.4 is 5.32 Å². The number of thiazole rings is 1. The van der Waals surface area contributed by atoms with E-state index < -0.39 is 0 Å². The lowest BCUT2D eigenvalue weighted by Crippen LogP contribution is -2.56. The third-order valence-electron chi connectivity index (χ3n) is 5.79. The maximum atomic E-state index is 12.4. The Morgan fingerprint density at radius 1 is 1.43 bits per heavy atom. The van der Waals surface area contributed by atoms with E-state index in [-0.39, 0.29) is 16.2 Å². The van der Waals surface area contributed by atoms with Gasteiger partial charge in [-0.1, -0.05) is 0 Å². The van der Waals surface area contributed by atoms with Crippen molar-refractivity contribution in [3.8, 4) is 0 Å². The molecule has 126 valence electrons. The van der Waals surface area contributed by atoms with Crippen molar-refractivity contribution in [3.63, 3.8) is 0 Å². The van der Waals surface area contributed by atoms with Crippen molar-refractivity contribution in [1.29, 1.82) is 0 Å². The fourth-order valence-corrected chi connectivity index (χ4v) is 6.97. The van der Waals surface area contributed by atoms with Crippen molar-refractivity contribution in [3.05, 3.63) is 16.1 Å². The molecular weight excluding hydrogens is 332 g/mol. The van der Waals surface area contributed by atoms with Crippen molar-refractivity contribution < 1.29 is 9.53 Å². The summed E-state index contributed by atoms with van der Waals surface area (Å²) in [5.74, 6) is 1.46. The highest BCUT2D eigenvalue weighted by atomic mass is 35.5. The number of carbonyl (C=O) groups excluding carboxylic acids is 1. The molecule has 1 amide bonds. The SMILES string of the molecule is COCc1nc(C(=O)NCC23C[C@H]4C[C@@H](CC(Cl)(C4)C2)C3)cs1. The highest BCUT2D eigenvalue weighted by Gasteiger charge is 2.56. The van der Waals surface area contributed by atoms with Crippen LogP contribution in [0.15, 0.2) is 5.38 Å². The first-order chi connectivity index (χ1) is 11.0. The van der Waals surface area contributed by atoms with Gasteiger partial charge in [-0.25, -0.2) is 4.98 Å². The van der Waals surface area contributed by atoms with Crippen LogP contribution in [-0.2, 0) is 11.3 Å². The van der Waals surface area contributed by atoms with Gasteiger partial charge in [-0.3, -0.25) is 4.79 Å². The lowest BCUT2D eigenvalue weighted by atomic mass is 9.49. The van der Waals surface area contributed by atoms with Crippen LogP contribution in [-0.4, -0.2) is 29.4 Å². The molecule has 1 aromatic rings. The zero-order chi connectivity index (χ0) is 16.1. The predicted molar refractivity (Wildman–Crippen MR) is 90.9 cm³/mol. The minimum absolute atomic E-state index is 0.00107. The van der Waals surface area contributed by atoms with E-state index in [0.29, 0.717) is 12.3 Å². The van der Waals surface area contributed by atoms with Crippen molar-refractivity contribution in [2.24, 2.45) is 17.3 Å². The number of nitrogens with one attached hydrogen (secondary N) is 1. The summed E-state index contributed by atoms with van der Waals surface area (Å²) in [4.78, 5) is 16.7. The van der Waals surface area contributed by atoms with Crippen molar-refractivity contribution in [1.82, 2.24) is 10.3 Å². The molecule has 2 atom stereocenters. The minimum atomic E-state index is -0.0667. The lowest BCUT2D eigenvalue weighted by molar-refractivity contribution is -0.0379. The van der Waals surface area contributed by atoms with Gasteiger partial charge in [0.15, 0.2) is 0 Å². The van der Waals surface area contributed by atoms with E-state index in [1.807, 2.05) is 5.38 Å². The van der Waals surface area contributed by atoms with Gasteiger partial charge in [0.05, 0.1) is 6.61 Å². The molecule has 0 spiro atoms. The molecule has 4 aliphatic rings. The number of hydrogen-bond acceptors (Lipinski definition) is 4. The Kier molecular flexibility index (Phi) is 3.94. The largest absolute Gasteiger partial charge is 0.378 e. The van der Waals surface area contributed by atoms with Gasteiger partial charge < -0.3 is 10.1 Å². The fraction of sp³-hybridized carbons (Fsp3) is 0.765. The molecule has 4 fully saturated rings. The quantitative estimate of drug-likeness (QED) is 0.822. The molecule has 0 radical (unpaired) electrons. The topological polar surface area (TPSA) is 51.2 Å². The van der Waals surface area contributed by atoms with Crippen LogP contribution >= 0.6 is 22.9 Å². The highest BCUT2D eigenvalue weighted by molar-refractivity contribution is 7.09. The molecule has 6 heteroatoms. The summed E-state index contributed by atoms with van der Waals surface area (Å²) in [6.07, 6.45) is 7.20. The molecule has 0 aliphatic heterocycles. The molecule has 4 nitrogen and oxygen atoms in total. The third kappa shape index (κ3) is 3.03. The minimum Gasteiger partial charge on any atom is -0.378 e. The number of hydrogen-bond donors (Lipinski definition) is 1. The Morgan fingerprint density at radius 2 is 2.17 bits per heavy atom. The second-order valence-corrected chi connectivity index (χ2v) is 9.60. The second kappa shape index (κ2) is 5.71. The Bertz CT molecular complexity index is 603. The number of alkyl halides is 1. The number of rotatable bonds is 5. The number of methoxy groups -OCH3 is 1. The van der Waals surface area contributed by atoms with Gasteiger partial charge in [0.1, 0.15) is 10.7 Å². The Balaban J connectivity index is 1.41. The van der Waals surface area contributed by atoms with Gasteiger partial charge >= 0.3 is 0 Å². The molecule has 1 heterocycles. The Hall–Kier alpha value is -0.650. The number of amides is 1. The second-order valence-electron chi connectivity index (χ2n) is 7.85. The van der Waals surface area contributed by atoms with Crippen LogP contribution in [0.5, 0.6) is 0 Å². The van der Waals surface area contributed by atoms with E-state index in [0.717, 1.165) is 29.8 Å². The maximum absolute atomic E-state index is 12.4. The monoisotopic (exact) mass is 354 g/mol. The standard InChI is InChI=1S/C17H23ClN2O2S/c1-22-7-14-20-13(8-23-14)15(21)19-10-16-3-11-2-12(4-16)6-17(18,5-11)9-16/h8,11-12H,2-7,9-10H2,1H3,(H,19,21)/t11-,12-,16?,17?/m1/s1.